The Morgan fingerprint density at radius 3 is 2.32 bits per heavy atom. The van der Waals surface area contributed by atoms with Crippen molar-refractivity contribution in [2.75, 3.05) is 12.4 Å². The number of amides is 1. The number of carbonyl (C=O) groups is 1. The number of benzene rings is 2. The van der Waals surface area contributed by atoms with E-state index in [1.807, 2.05) is 32.0 Å². The molecule has 28 heavy (non-hydrogen) atoms. The third kappa shape index (κ3) is 3.93. The van der Waals surface area contributed by atoms with Gasteiger partial charge in [0.15, 0.2) is 0 Å². The summed E-state index contributed by atoms with van der Waals surface area (Å²) in [5.74, 6) is 0.382. The number of methoxy groups -OCH3 is 1. The maximum Gasteiger partial charge on any atom is 0.365 e. The van der Waals surface area contributed by atoms with Crippen LogP contribution in [0.4, 0.5) is 5.69 Å². The molecule has 1 amide bonds. The predicted octanol–water partition coefficient (Wildman–Crippen LogP) is 3.13. The van der Waals surface area contributed by atoms with Gasteiger partial charge >= 0.3 is 5.69 Å². The van der Waals surface area contributed by atoms with Crippen LogP contribution < -0.4 is 15.7 Å². The molecule has 1 heterocycles. The summed E-state index contributed by atoms with van der Waals surface area (Å²) in [4.78, 5) is 29.2. The molecule has 0 fully saturated rings. The van der Waals surface area contributed by atoms with Gasteiger partial charge in [0.1, 0.15) is 11.8 Å². The van der Waals surface area contributed by atoms with Crippen LogP contribution >= 0.6 is 0 Å². The summed E-state index contributed by atoms with van der Waals surface area (Å²) in [6.07, 6.45) is 1.48. The third-order valence-electron chi connectivity index (χ3n) is 4.58. The Balaban J connectivity index is 1.83. The van der Waals surface area contributed by atoms with Crippen LogP contribution in [0.1, 0.15) is 24.1 Å². The van der Waals surface area contributed by atoms with Crippen molar-refractivity contribution in [1.82, 2.24) is 14.8 Å². The number of hydrogen-bond acceptors (Lipinski definition) is 5. The quantitative estimate of drug-likeness (QED) is 0.737. The molecule has 0 spiro atoms. The molecule has 0 aliphatic carbocycles. The van der Waals surface area contributed by atoms with Crippen LogP contribution in [0, 0.1) is 13.8 Å². The average Bonchev–Trinajstić information content (AvgIpc) is 2.70. The highest BCUT2D eigenvalue weighted by atomic mass is 16.5. The van der Waals surface area contributed by atoms with E-state index in [0.29, 0.717) is 11.4 Å². The number of ether oxygens (including phenoxy) is 1. The van der Waals surface area contributed by atoms with Gasteiger partial charge in [-0.05, 0) is 56.2 Å². The SMILES string of the molecule is COc1ccc(-c2cnn([C@@H](C)C(=O)Nc3c(C)cccc3C)c(=O)n2)cc1. The van der Waals surface area contributed by atoms with Crippen molar-refractivity contribution in [3.63, 3.8) is 0 Å². The smallest absolute Gasteiger partial charge is 0.365 e. The zero-order chi connectivity index (χ0) is 20.3. The number of anilines is 1. The van der Waals surface area contributed by atoms with Crippen molar-refractivity contribution in [2.45, 2.75) is 26.8 Å². The molecule has 7 nitrogen and oxygen atoms in total. The molecule has 0 aliphatic heterocycles. The van der Waals surface area contributed by atoms with E-state index in [1.54, 1.807) is 38.3 Å². The number of carbonyl (C=O) groups excluding carboxylic acids is 1. The van der Waals surface area contributed by atoms with Crippen molar-refractivity contribution in [3.8, 4) is 17.0 Å². The second kappa shape index (κ2) is 8.04. The predicted molar refractivity (Wildman–Crippen MR) is 108 cm³/mol. The first-order valence-corrected chi connectivity index (χ1v) is 8.88. The summed E-state index contributed by atoms with van der Waals surface area (Å²) in [7, 11) is 1.58. The Kier molecular flexibility index (Phi) is 5.54. The number of aromatic nitrogens is 3. The minimum Gasteiger partial charge on any atom is -0.497 e. The Morgan fingerprint density at radius 2 is 1.75 bits per heavy atom. The zero-order valence-electron chi connectivity index (χ0n) is 16.3. The molecule has 0 radical (unpaired) electrons. The van der Waals surface area contributed by atoms with E-state index in [9.17, 15) is 9.59 Å². The Morgan fingerprint density at radius 1 is 1.11 bits per heavy atom. The van der Waals surface area contributed by atoms with E-state index in [1.165, 1.54) is 6.20 Å². The standard InChI is InChI=1S/C21H22N4O3/c1-13-6-5-7-14(2)19(13)24-20(26)15(3)25-21(27)23-18(12-22-25)16-8-10-17(28-4)11-9-16/h5-12,15H,1-4H3,(H,24,26)/t15-/m0/s1. The summed E-state index contributed by atoms with van der Waals surface area (Å²) in [6, 6.07) is 12.1. The summed E-state index contributed by atoms with van der Waals surface area (Å²) in [5, 5.41) is 7.04. The molecule has 2 aromatic carbocycles. The van der Waals surface area contributed by atoms with E-state index >= 15 is 0 Å². The molecule has 1 aromatic heterocycles. The van der Waals surface area contributed by atoms with Crippen LogP contribution in [-0.4, -0.2) is 27.8 Å². The minimum atomic E-state index is -0.802. The van der Waals surface area contributed by atoms with E-state index < -0.39 is 11.7 Å². The van der Waals surface area contributed by atoms with Gasteiger partial charge in [0.05, 0.1) is 19.0 Å². The lowest BCUT2D eigenvalue weighted by atomic mass is 10.1. The number of rotatable bonds is 5. The van der Waals surface area contributed by atoms with Gasteiger partial charge < -0.3 is 10.1 Å². The Bertz CT molecular complexity index is 1040. The van der Waals surface area contributed by atoms with Gasteiger partial charge in [-0.1, -0.05) is 18.2 Å². The van der Waals surface area contributed by atoms with E-state index in [4.69, 9.17) is 4.74 Å². The molecule has 7 heteroatoms. The van der Waals surface area contributed by atoms with E-state index in [-0.39, 0.29) is 5.91 Å². The highest BCUT2D eigenvalue weighted by Gasteiger charge is 2.20. The molecule has 144 valence electrons. The Labute approximate surface area is 163 Å². The molecule has 0 bridgehead atoms. The minimum absolute atomic E-state index is 0.328. The molecule has 0 unspecified atom stereocenters. The van der Waals surface area contributed by atoms with Gasteiger partial charge in [0.2, 0.25) is 5.91 Å². The second-order valence-electron chi connectivity index (χ2n) is 6.53. The lowest BCUT2D eigenvalue weighted by Crippen LogP contribution is -2.35. The normalized spacial score (nSPS) is 11.7. The maximum absolute atomic E-state index is 12.6. The fourth-order valence-electron chi connectivity index (χ4n) is 2.87. The molecule has 0 saturated carbocycles. The average molecular weight is 378 g/mol. The number of hydrogen-bond donors (Lipinski definition) is 1. The lowest BCUT2D eigenvalue weighted by Gasteiger charge is -2.16. The van der Waals surface area contributed by atoms with Crippen LogP contribution in [0.3, 0.4) is 0 Å². The van der Waals surface area contributed by atoms with Crippen LogP contribution in [0.25, 0.3) is 11.3 Å². The third-order valence-corrected chi connectivity index (χ3v) is 4.58. The van der Waals surface area contributed by atoms with Gasteiger partial charge in [0.25, 0.3) is 0 Å². The van der Waals surface area contributed by atoms with Gasteiger partial charge in [-0.2, -0.15) is 10.1 Å². The van der Waals surface area contributed by atoms with Gasteiger partial charge in [-0.25, -0.2) is 9.48 Å². The van der Waals surface area contributed by atoms with Crippen molar-refractivity contribution < 1.29 is 9.53 Å². The largest absolute Gasteiger partial charge is 0.497 e. The van der Waals surface area contributed by atoms with Crippen molar-refractivity contribution in [2.24, 2.45) is 0 Å². The first-order valence-electron chi connectivity index (χ1n) is 8.88. The summed E-state index contributed by atoms with van der Waals surface area (Å²) < 4.78 is 6.20. The molecule has 3 aromatic rings. The molecule has 0 aliphatic rings. The number of nitrogens with one attached hydrogen (secondary N) is 1. The highest BCUT2D eigenvalue weighted by molar-refractivity contribution is 5.94. The maximum atomic E-state index is 12.6. The highest BCUT2D eigenvalue weighted by Crippen LogP contribution is 2.21. The molecule has 1 atom stereocenters. The number of nitrogens with zero attached hydrogens (tertiary/aromatic N) is 3. The van der Waals surface area contributed by atoms with E-state index in [2.05, 4.69) is 15.4 Å². The van der Waals surface area contributed by atoms with Gasteiger partial charge in [-0.15, -0.1) is 0 Å². The first kappa shape index (κ1) is 19.3. The van der Waals surface area contributed by atoms with Crippen LogP contribution in [0.5, 0.6) is 5.75 Å². The van der Waals surface area contributed by atoms with Crippen LogP contribution in [0.2, 0.25) is 0 Å². The summed E-state index contributed by atoms with van der Waals surface area (Å²) in [5.41, 5.74) is 3.24. The summed E-state index contributed by atoms with van der Waals surface area (Å²) in [6.45, 7) is 5.46. The van der Waals surface area contributed by atoms with E-state index in [0.717, 1.165) is 27.1 Å². The van der Waals surface area contributed by atoms with Crippen molar-refractivity contribution in [1.29, 1.82) is 0 Å². The monoisotopic (exact) mass is 378 g/mol. The molecular weight excluding hydrogens is 356 g/mol. The number of para-hydroxylation sites is 1. The second-order valence-corrected chi connectivity index (χ2v) is 6.53. The molecular formula is C21H22N4O3. The fraction of sp³-hybridized carbons (Fsp3) is 0.238. The molecule has 0 saturated heterocycles. The molecule has 3 rings (SSSR count). The van der Waals surface area contributed by atoms with Crippen molar-refractivity contribution >= 4 is 11.6 Å². The Hall–Kier alpha value is -3.48. The van der Waals surface area contributed by atoms with Crippen molar-refractivity contribution in [3.05, 3.63) is 70.3 Å². The summed E-state index contributed by atoms with van der Waals surface area (Å²) >= 11 is 0. The number of aryl methyl sites for hydroxylation is 2. The lowest BCUT2D eigenvalue weighted by molar-refractivity contribution is -0.119. The van der Waals surface area contributed by atoms with Gasteiger partial charge in [0, 0.05) is 11.3 Å². The van der Waals surface area contributed by atoms with Crippen LogP contribution in [-0.2, 0) is 4.79 Å². The fourth-order valence-corrected chi connectivity index (χ4v) is 2.87. The van der Waals surface area contributed by atoms with Crippen LogP contribution in [0.15, 0.2) is 53.5 Å². The molecule has 1 N–H and O–H groups in total. The first-order chi connectivity index (χ1) is 13.4. The zero-order valence-corrected chi connectivity index (χ0v) is 16.3. The topological polar surface area (TPSA) is 86.1 Å². The van der Waals surface area contributed by atoms with Gasteiger partial charge in [-0.3, -0.25) is 4.79 Å².